The Morgan fingerprint density at radius 1 is 1.48 bits per heavy atom. The summed E-state index contributed by atoms with van der Waals surface area (Å²) in [6.45, 7) is 5.04. The molecule has 1 unspecified atom stereocenters. The van der Waals surface area contributed by atoms with Crippen molar-refractivity contribution in [3.8, 4) is 0 Å². The van der Waals surface area contributed by atoms with E-state index in [4.69, 9.17) is 5.73 Å². The van der Waals surface area contributed by atoms with Gasteiger partial charge < -0.3 is 15.7 Å². The molecular weight excluding hydrogens is 322 g/mol. The van der Waals surface area contributed by atoms with Crippen molar-refractivity contribution in [3.63, 3.8) is 0 Å². The third-order valence-corrected chi connectivity index (χ3v) is 4.61. The van der Waals surface area contributed by atoms with Gasteiger partial charge in [-0.2, -0.15) is 0 Å². The molecule has 2 aliphatic rings. The molecule has 1 heterocycles. The lowest BCUT2D eigenvalue weighted by molar-refractivity contribution is -0.142. The molecule has 1 aliphatic carbocycles. The van der Waals surface area contributed by atoms with E-state index in [1.165, 1.54) is 0 Å². The number of carbonyl (C=O) groups is 2. The average molecular weight is 347 g/mol. The van der Waals surface area contributed by atoms with Gasteiger partial charge in [-0.05, 0) is 37.0 Å². The maximum atomic E-state index is 12.2. The highest BCUT2D eigenvalue weighted by molar-refractivity contribution is 5.85. The molecule has 1 saturated heterocycles. The zero-order valence-corrected chi connectivity index (χ0v) is 14.7. The number of carboxylic acids is 1. The molecule has 1 amide bonds. The number of carboxylic acid groups (broad SMARTS) is 1. The number of nitrogens with two attached hydrogens (primary N) is 1. The number of nitrogens with zero attached hydrogens (tertiary/aromatic N) is 2. The van der Waals surface area contributed by atoms with Crippen LogP contribution >= 0.6 is 0 Å². The molecule has 136 valence electrons. The van der Waals surface area contributed by atoms with Crippen LogP contribution < -0.4 is 5.73 Å². The molecule has 3 N–H and O–H groups in total. The van der Waals surface area contributed by atoms with Crippen LogP contribution in [-0.4, -0.2) is 64.9 Å². The molecule has 7 heteroatoms. The van der Waals surface area contributed by atoms with Gasteiger partial charge >= 0.3 is 5.97 Å². The lowest BCUT2D eigenvalue weighted by atomic mass is 9.82. The number of carbonyl (C=O) groups excluding carboxylic acids is 2. The Kier molecular flexibility index (Phi) is 5.95. The third kappa shape index (κ3) is 4.45. The molecule has 0 aromatic heterocycles. The Hall–Kier alpha value is -2.21. The van der Waals surface area contributed by atoms with Crippen molar-refractivity contribution in [2.45, 2.75) is 32.7 Å². The van der Waals surface area contributed by atoms with E-state index in [1.54, 1.807) is 18.2 Å². The summed E-state index contributed by atoms with van der Waals surface area (Å²) in [5, 5.41) is 9.18. The van der Waals surface area contributed by atoms with Gasteiger partial charge in [0.05, 0.1) is 18.2 Å². The van der Waals surface area contributed by atoms with Crippen LogP contribution in [0.25, 0.3) is 0 Å². The molecular formula is C18H25N3O4. The van der Waals surface area contributed by atoms with E-state index in [0.29, 0.717) is 11.3 Å². The summed E-state index contributed by atoms with van der Waals surface area (Å²) < 4.78 is 0. The van der Waals surface area contributed by atoms with E-state index in [0.717, 1.165) is 30.8 Å². The summed E-state index contributed by atoms with van der Waals surface area (Å²) in [7, 11) is 0. The second-order valence-electron chi connectivity index (χ2n) is 7.23. The standard InChI is InChI=1S/C18H25N3O4/c1-18(2)7-4-8-20(12-18)17-13(11-22)5-3-6-14(17)21(10-16(24)25)15(23)9-19/h3,5-6,17H,4,7-10,12,19H2,1-2H3,(H,24,25). The Bertz CT molecular complexity index is 659. The first kappa shape index (κ1) is 19.1. The largest absolute Gasteiger partial charge is 0.480 e. The minimum absolute atomic E-state index is 0.0774. The number of amides is 1. The lowest BCUT2D eigenvalue weighted by Gasteiger charge is -2.44. The highest BCUT2D eigenvalue weighted by Crippen LogP contribution is 2.34. The molecule has 0 saturated carbocycles. The van der Waals surface area contributed by atoms with Crippen molar-refractivity contribution < 1.29 is 19.5 Å². The second-order valence-corrected chi connectivity index (χ2v) is 7.23. The van der Waals surface area contributed by atoms with E-state index in [1.807, 2.05) is 5.94 Å². The number of aliphatic carboxylic acids is 1. The molecule has 7 nitrogen and oxygen atoms in total. The number of hydrogen-bond donors (Lipinski definition) is 2. The number of rotatable bonds is 5. The smallest absolute Gasteiger partial charge is 0.323 e. The first-order chi connectivity index (χ1) is 11.8. The number of hydrogen-bond acceptors (Lipinski definition) is 5. The van der Waals surface area contributed by atoms with Crippen LogP contribution in [0.2, 0.25) is 0 Å². The molecule has 2 rings (SSSR count). The molecule has 0 aromatic rings. The fourth-order valence-electron chi connectivity index (χ4n) is 3.56. The highest BCUT2D eigenvalue weighted by Gasteiger charge is 2.37. The van der Waals surface area contributed by atoms with Crippen LogP contribution in [0.5, 0.6) is 0 Å². The van der Waals surface area contributed by atoms with Crippen molar-refractivity contribution in [2.75, 3.05) is 26.2 Å². The monoisotopic (exact) mass is 347 g/mol. The van der Waals surface area contributed by atoms with Gasteiger partial charge in [-0.15, -0.1) is 0 Å². The zero-order chi connectivity index (χ0) is 18.6. The van der Waals surface area contributed by atoms with E-state index >= 15 is 0 Å². The van der Waals surface area contributed by atoms with Gasteiger partial charge in [0.15, 0.2) is 0 Å². The molecule has 0 bridgehead atoms. The summed E-state index contributed by atoms with van der Waals surface area (Å²) >= 11 is 0. The zero-order valence-electron chi connectivity index (χ0n) is 14.7. The average Bonchev–Trinajstić information content (AvgIpc) is 2.57. The van der Waals surface area contributed by atoms with Gasteiger partial charge in [0.1, 0.15) is 12.5 Å². The third-order valence-electron chi connectivity index (χ3n) is 4.61. The molecule has 1 aliphatic heterocycles. The highest BCUT2D eigenvalue weighted by atomic mass is 16.4. The van der Waals surface area contributed by atoms with Crippen molar-refractivity contribution >= 4 is 17.8 Å². The molecule has 0 radical (unpaired) electrons. The van der Waals surface area contributed by atoms with Gasteiger partial charge in [0.25, 0.3) is 0 Å². The van der Waals surface area contributed by atoms with E-state index < -0.39 is 24.5 Å². The predicted octanol–water partition coefficient (Wildman–Crippen LogP) is 0.561. The van der Waals surface area contributed by atoms with Crippen LogP contribution in [0.3, 0.4) is 0 Å². The van der Waals surface area contributed by atoms with Crippen molar-refractivity contribution in [2.24, 2.45) is 11.1 Å². The second kappa shape index (κ2) is 7.78. The van der Waals surface area contributed by atoms with E-state index in [2.05, 4.69) is 18.7 Å². The summed E-state index contributed by atoms with van der Waals surface area (Å²) in [6, 6.07) is -0.489. The number of piperidine rings is 1. The topological polar surface area (TPSA) is 104 Å². The van der Waals surface area contributed by atoms with Crippen molar-refractivity contribution in [3.05, 3.63) is 29.5 Å². The Balaban J connectivity index is 2.42. The minimum atomic E-state index is -1.13. The van der Waals surface area contributed by atoms with Crippen molar-refractivity contribution in [1.29, 1.82) is 0 Å². The van der Waals surface area contributed by atoms with Gasteiger partial charge in [-0.25, -0.2) is 4.79 Å². The Labute approximate surface area is 147 Å². The van der Waals surface area contributed by atoms with E-state index in [9.17, 15) is 19.5 Å². The Morgan fingerprint density at radius 3 is 2.76 bits per heavy atom. The molecule has 0 spiro atoms. The van der Waals surface area contributed by atoms with Gasteiger partial charge in [-0.1, -0.05) is 19.9 Å². The molecule has 25 heavy (non-hydrogen) atoms. The summed E-state index contributed by atoms with van der Waals surface area (Å²) in [5.74, 6) is 0.331. The maximum absolute atomic E-state index is 12.2. The minimum Gasteiger partial charge on any atom is -0.480 e. The van der Waals surface area contributed by atoms with Gasteiger partial charge in [-0.3, -0.25) is 14.5 Å². The first-order valence-electron chi connectivity index (χ1n) is 8.38. The van der Waals surface area contributed by atoms with Crippen LogP contribution in [0.1, 0.15) is 26.7 Å². The lowest BCUT2D eigenvalue weighted by Crippen LogP contribution is -2.52. The van der Waals surface area contributed by atoms with Gasteiger partial charge in [0.2, 0.25) is 5.91 Å². The summed E-state index contributed by atoms with van der Waals surface area (Å²) in [4.78, 5) is 38.3. The van der Waals surface area contributed by atoms with Crippen molar-refractivity contribution in [1.82, 2.24) is 9.80 Å². The van der Waals surface area contributed by atoms with Crippen LogP contribution in [-0.2, 0) is 14.4 Å². The number of allylic oxidation sites excluding steroid dienone is 2. The Morgan fingerprint density at radius 2 is 2.20 bits per heavy atom. The molecule has 0 aromatic carbocycles. The quantitative estimate of drug-likeness (QED) is 0.704. The summed E-state index contributed by atoms with van der Waals surface area (Å²) in [5.41, 5.74) is 6.41. The first-order valence-corrected chi connectivity index (χ1v) is 8.38. The molecule has 1 fully saturated rings. The maximum Gasteiger partial charge on any atom is 0.323 e. The SMILES string of the molecule is CC1(C)CCCN(C2C(=C=O)C=CC=C2N(CC(=O)O)C(=O)CN)C1. The predicted molar refractivity (Wildman–Crippen MR) is 93.2 cm³/mol. The fraction of sp³-hybridized carbons (Fsp3) is 0.556. The van der Waals surface area contributed by atoms with Crippen LogP contribution in [0, 0.1) is 5.41 Å². The van der Waals surface area contributed by atoms with Crippen LogP contribution in [0.15, 0.2) is 29.5 Å². The normalized spacial score (nSPS) is 22.9. The fourth-order valence-corrected chi connectivity index (χ4v) is 3.56. The molecule has 1 atom stereocenters. The van der Waals surface area contributed by atoms with E-state index in [-0.39, 0.29) is 12.0 Å². The summed E-state index contributed by atoms with van der Waals surface area (Å²) in [6.07, 6.45) is 7.03. The van der Waals surface area contributed by atoms with Gasteiger partial charge in [0, 0.05) is 12.2 Å². The number of likely N-dealkylation sites (tertiary alicyclic amines) is 1. The van der Waals surface area contributed by atoms with Crippen LogP contribution in [0.4, 0.5) is 0 Å².